The lowest BCUT2D eigenvalue weighted by Gasteiger charge is -2.29. The molecule has 0 radical (unpaired) electrons. The number of carbonyl (C=O) groups is 1. The van der Waals surface area contributed by atoms with E-state index in [1.807, 2.05) is 0 Å². The van der Waals surface area contributed by atoms with E-state index >= 15 is 0 Å². The summed E-state index contributed by atoms with van der Waals surface area (Å²) in [6.07, 6.45) is 3.72. The molecule has 0 aliphatic heterocycles. The van der Waals surface area contributed by atoms with Gasteiger partial charge >= 0.3 is 6.03 Å². The summed E-state index contributed by atoms with van der Waals surface area (Å²) in [5, 5.41) is 3.51. The first kappa shape index (κ1) is 9.95. The fraction of sp³-hybridized carbons (Fsp3) is 0.875. The quantitative estimate of drug-likeness (QED) is 0.524. The molecule has 1 saturated carbocycles. The van der Waals surface area contributed by atoms with Gasteiger partial charge in [0.25, 0.3) is 0 Å². The Kier molecular flexibility index (Phi) is 3.22. The molecule has 1 aliphatic rings. The van der Waals surface area contributed by atoms with Crippen LogP contribution in [0.5, 0.6) is 0 Å². The first-order chi connectivity index (χ1) is 6.15. The summed E-state index contributed by atoms with van der Waals surface area (Å²) in [5.74, 6) is 0.678. The number of urea groups is 1. The lowest BCUT2D eigenvalue weighted by molar-refractivity contribution is 0.154. The Hall–Kier alpha value is -1.13. The molecule has 2 amide bonds. The molecule has 0 aromatic heterocycles. The zero-order valence-corrected chi connectivity index (χ0v) is 7.77. The van der Waals surface area contributed by atoms with Gasteiger partial charge in [-0.25, -0.2) is 4.79 Å². The van der Waals surface area contributed by atoms with E-state index in [1.54, 1.807) is 0 Å². The molecule has 0 atom stereocenters. The van der Waals surface area contributed by atoms with Gasteiger partial charge in [-0.05, 0) is 31.6 Å². The van der Waals surface area contributed by atoms with Crippen molar-refractivity contribution in [3.8, 4) is 0 Å². The minimum absolute atomic E-state index is 0.0776. The Bertz CT molecular complexity index is 200. The zero-order valence-electron chi connectivity index (χ0n) is 7.77. The number of primary amides is 1. The highest BCUT2D eigenvalue weighted by molar-refractivity contribution is 5.71. The molecule has 5 nitrogen and oxygen atoms in total. The highest BCUT2D eigenvalue weighted by Crippen LogP contribution is 2.26. The van der Waals surface area contributed by atoms with Gasteiger partial charge in [0, 0.05) is 0 Å². The third-order valence-corrected chi connectivity index (χ3v) is 2.65. The highest BCUT2D eigenvalue weighted by atomic mass is 16.3. The second-order valence-corrected chi connectivity index (χ2v) is 3.68. The normalized spacial score (nSPS) is 28.1. The van der Waals surface area contributed by atoms with Gasteiger partial charge in [0.2, 0.25) is 0 Å². The van der Waals surface area contributed by atoms with Gasteiger partial charge in [0.15, 0.2) is 0 Å². The van der Waals surface area contributed by atoms with Gasteiger partial charge in [-0.2, -0.15) is 5.01 Å². The largest absolute Gasteiger partial charge is 0.350 e. The molecule has 0 aromatic rings. The van der Waals surface area contributed by atoms with E-state index in [9.17, 15) is 9.70 Å². The maximum atomic E-state index is 10.8. The third-order valence-electron chi connectivity index (χ3n) is 2.65. The lowest BCUT2D eigenvalue weighted by Crippen LogP contribution is -2.41. The maximum absolute atomic E-state index is 10.8. The maximum Gasteiger partial charge on any atom is 0.338 e. The van der Waals surface area contributed by atoms with Crippen LogP contribution in [0, 0.1) is 10.8 Å². The number of hydrogen-bond donors (Lipinski definition) is 1. The van der Waals surface area contributed by atoms with Gasteiger partial charge in [-0.3, -0.25) is 0 Å². The number of rotatable bonds is 2. The molecule has 0 aromatic carbocycles. The van der Waals surface area contributed by atoms with Gasteiger partial charge in [0.1, 0.15) is 0 Å². The molecule has 1 rings (SSSR count). The number of amides is 2. The SMILES string of the molecule is CC1CCC(N(N=O)C(N)=O)CC1. The Balaban J connectivity index is 2.51. The summed E-state index contributed by atoms with van der Waals surface area (Å²) in [4.78, 5) is 21.1. The molecule has 2 N–H and O–H groups in total. The molecule has 0 heterocycles. The van der Waals surface area contributed by atoms with Crippen molar-refractivity contribution in [2.75, 3.05) is 0 Å². The van der Waals surface area contributed by atoms with E-state index in [4.69, 9.17) is 5.73 Å². The fourth-order valence-electron chi connectivity index (χ4n) is 1.77. The van der Waals surface area contributed by atoms with Crippen molar-refractivity contribution in [2.24, 2.45) is 16.9 Å². The van der Waals surface area contributed by atoms with Gasteiger partial charge in [-0.15, -0.1) is 4.91 Å². The molecule has 0 spiro atoms. The van der Waals surface area contributed by atoms with Crippen LogP contribution in [0.3, 0.4) is 0 Å². The van der Waals surface area contributed by atoms with Crippen LogP contribution in [0.4, 0.5) is 4.79 Å². The van der Waals surface area contributed by atoms with Crippen molar-refractivity contribution in [2.45, 2.75) is 38.6 Å². The van der Waals surface area contributed by atoms with Crippen LogP contribution in [-0.2, 0) is 0 Å². The average molecular weight is 185 g/mol. The summed E-state index contributed by atoms with van der Waals surface area (Å²) in [5.41, 5.74) is 5.01. The lowest BCUT2D eigenvalue weighted by atomic mass is 9.87. The number of nitrogens with zero attached hydrogens (tertiary/aromatic N) is 2. The Labute approximate surface area is 77.2 Å². The van der Waals surface area contributed by atoms with E-state index in [0.29, 0.717) is 5.92 Å². The molecule has 1 fully saturated rings. The molecule has 0 unspecified atom stereocenters. The van der Waals surface area contributed by atoms with Gasteiger partial charge in [-0.1, -0.05) is 6.92 Å². The monoisotopic (exact) mass is 185 g/mol. The van der Waals surface area contributed by atoms with Crippen LogP contribution in [0.2, 0.25) is 0 Å². The number of nitroso groups, excluding NO2 is 1. The number of nitrogens with two attached hydrogens (primary N) is 1. The molecule has 74 valence electrons. The molecular formula is C8H15N3O2. The number of carbonyl (C=O) groups excluding carboxylic acids is 1. The zero-order chi connectivity index (χ0) is 9.84. The smallest absolute Gasteiger partial charge is 0.338 e. The molecule has 13 heavy (non-hydrogen) atoms. The predicted molar refractivity (Wildman–Crippen MR) is 48.6 cm³/mol. The van der Waals surface area contributed by atoms with E-state index < -0.39 is 6.03 Å². The Morgan fingerprint density at radius 1 is 1.38 bits per heavy atom. The summed E-state index contributed by atoms with van der Waals surface area (Å²) < 4.78 is 0. The fourth-order valence-corrected chi connectivity index (χ4v) is 1.77. The van der Waals surface area contributed by atoms with Crippen molar-refractivity contribution in [3.63, 3.8) is 0 Å². The molecule has 0 bridgehead atoms. The summed E-state index contributed by atoms with van der Waals surface area (Å²) in [6, 6.07) is -0.819. The van der Waals surface area contributed by atoms with E-state index in [0.717, 1.165) is 30.7 Å². The summed E-state index contributed by atoms with van der Waals surface area (Å²) in [6.45, 7) is 2.17. The summed E-state index contributed by atoms with van der Waals surface area (Å²) in [7, 11) is 0. The van der Waals surface area contributed by atoms with Crippen molar-refractivity contribution >= 4 is 6.03 Å². The van der Waals surface area contributed by atoms with Crippen LogP contribution in [0.25, 0.3) is 0 Å². The molecule has 1 aliphatic carbocycles. The van der Waals surface area contributed by atoms with Gasteiger partial charge < -0.3 is 5.73 Å². The van der Waals surface area contributed by atoms with Crippen molar-refractivity contribution in [3.05, 3.63) is 4.91 Å². The minimum Gasteiger partial charge on any atom is -0.350 e. The van der Waals surface area contributed by atoms with E-state index in [-0.39, 0.29) is 6.04 Å². The van der Waals surface area contributed by atoms with Gasteiger partial charge in [0.05, 0.1) is 11.3 Å². The van der Waals surface area contributed by atoms with Crippen molar-refractivity contribution in [1.82, 2.24) is 5.01 Å². The predicted octanol–water partition coefficient (Wildman–Crippen LogP) is 1.63. The molecule has 5 heteroatoms. The van der Waals surface area contributed by atoms with Crippen LogP contribution < -0.4 is 5.73 Å². The van der Waals surface area contributed by atoms with Crippen LogP contribution in [-0.4, -0.2) is 17.1 Å². The first-order valence-corrected chi connectivity index (χ1v) is 4.57. The highest BCUT2D eigenvalue weighted by Gasteiger charge is 2.27. The Morgan fingerprint density at radius 2 is 1.92 bits per heavy atom. The summed E-state index contributed by atoms with van der Waals surface area (Å²) >= 11 is 0. The standard InChI is InChI=1S/C8H15N3O2/c1-6-2-4-7(5-3-6)11(10-13)8(9)12/h6-7H,2-5H2,1H3,(H2,9,12). The second kappa shape index (κ2) is 4.20. The number of hydrogen-bond acceptors (Lipinski definition) is 3. The van der Waals surface area contributed by atoms with Crippen LogP contribution in [0.15, 0.2) is 5.29 Å². The van der Waals surface area contributed by atoms with Crippen LogP contribution in [0.1, 0.15) is 32.6 Å². The second-order valence-electron chi connectivity index (χ2n) is 3.68. The van der Waals surface area contributed by atoms with Crippen molar-refractivity contribution < 1.29 is 4.79 Å². The minimum atomic E-state index is -0.741. The third kappa shape index (κ3) is 2.40. The average Bonchev–Trinajstić information content (AvgIpc) is 2.09. The molecular weight excluding hydrogens is 170 g/mol. The first-order valence-electron chi connectivity index (χ1n) is 4.57. The topological polar surface area (TPSA) is 75.8 Å². The van der Waals surface area contributed by atoms with Crippen LogP contribution >= 0.6 is 0 Å². The molecule has 0 saturated heterocycles. The van der Waals surface area contributed by atoms with E-state index in [1.165, 1.54) is 0 Å². The Morgan fingerprint density at radius 3 is 2.31 bits per heavy atom. The van der Waals surface area contributed by atoms with E-state index in [2.05, 4.69) is 12.2 Å². The van der Waals surface area contributed by atoms with Crippen molar-refractivity contribution in [1.29, 1.82) is 0 Å².